The predicted octanol–water partition coefficient (Wildman–Crippen LogP) is 5.91. The Morgan fingerprint density at radius 3 is 2.12 bits per heavy atom. The number of hydrogen-bond donors (Lipinski definition) is 2. The third-order valence-electron chi connectivity index (χ3n) is 7.45. The van der Waals surface area contributed by atoms with Gasteiger partial charge in [-0.2, -0.15) is 0 Å². The summed E-state index contributed by atoms with van der Waals surface area (Å²) in [5, 5.41) is 13.1. The highest BCUT2D eigenvalue weighted by Gasteiger charge is 2.46. The van der Waals surface area contributed by atoms with E-state index in [-0.39, 0.29) is 12.5 Å². The van der Waals surface area contributed by atoms with Gasteiger partial charge in [0.25, 0.3) is 0 Å². The maximum atomic E-state index is 13.1. The molecule has 0 radical (unpaired) electrons. The molecule has 0 unspecified atom stereocenters. The van der Waals surface area contributed by atoms with Crippen LogP contribution in [0.4, 0.5) is 4.79 Å². The Morgan fingerprint density at radius 2 is 1.43 bits per heavy atom. The van der Waals surface area contributed by atoms with Crippen molar-refractivity contribution in [1.29, 1.82) is 0 Å². The molecule has 216 valence electrons. The second kappa shape index (κ2) is 13.7. The lowest BCUT2D eigenvalue weighted by Crippen LogP contribution is -2.45. The van der Waals surface area contributed by atoms with E-state index in [1.165, 1.54) is 5.56 Å². The number of rotatable bonds is 13. The smallest absolute Gasteiger partial charge is 0.348 e. The van der Waals surface area contributed by atoms with Crippen LogP contribution in [0.1, 0.15) is 28.7 Å². The number of amides is 2. The van der Waals surface area contributed by atoms with Crippen LogP contribution >= 0.6 is 0 Å². The molecule has 7 nitrogen and oxygen atoms in total. The van der Waals surface area contributed by atoms with Crippen molar-refractivity contribution in [2.45, 2.75) is 37.8 Å². The highest BCUT2D eigenvalue weighted by Crippen LogP contribution is 2.36. The Morgan fingerprint density at radius 1 is 0.786 bits per heavy atom. The average molecular weight is 565 g/mol. The standard InChI is InChI=1S/C35H36N2O5/c38-33(39)35(42-31-15-8-3-9-16-31)24-29-17-18-32(23-30(29)25-35)41-22-10-21-37(26-28-13-6-2-7-14-28)34(40)36-20-19-27-11-4-1-5-12-27/h1-9,11-18,23H,10,19-22,24-26H2,(H,36,40)(H,38,39)/t35-/m1/s1. The first-order valence-electron chi connectivity index (χ1n) is 14.3. The Kier molecular flexibility index (Phi) is 9.39. The minimum atomic E-state index is -1.34. The summed E-state index contributed by atoms with van der Waals surface area (Å²) in [6.45, 7) is 2.02. The molecule has 0 heterocycles. The fourth-order valence-electron chi connectivity index (χ4n) is 5.26. The zero-order chi connectivity index (χ0) is 29.2. The molecule has 0 spiro atoms. The third-order valence-corrected chi connectivity index (χ3v) is 7.45. The van der Waals surface area contributed by atoms with Crippen LogP contribution in [0.25, 0.3) is 0 Å². The molecule has 42 heavy (non-hydrogen) atoms. The van der Waals surface area contributed by atoms with Crippen LogP contribution in [-0.4, -0.2) is 47.3 Å². The lowest BCUT2D eigenvalue weighted by Gasteiger charge is -2.25. The molecule has 0 bridgehead atoms. The summed E-state index contributed by atoms with van der Waals surface area (Å²) in [4.78, 5) is 27.2. The van der Waals surface area contributed by atoms with E-state index in [2.05, 4.69) is 17.4 Å². The van der Waals surface area contributed by atoms with E-state index in [0.29, 0.717) is 50.6 Å². The normalized spacial score (nSPS) is 15.4. The van der Waals surface area contributed by atoms with Crippen LogP contribution in [0.15, 0.2) is 109 Å². The van der Waals surface area contributed by atoms with Crippen molar-refractivity contribution in [2.24, 2.45) is 0 Å². The number of urea groups is 1. The molecule has 0 aromatic heterocycles. The summed E-state index contributed by atoms with van der Waals surface area (Å²) in [7, 11) is 0. The number of fused-ring (bicyclic) bond motifs is 1. The van der Waals surface area contributed by atoms with Crippen molar-refractivity contribution >= 4 is 12.0 Å². The van der Waals surface area contributed by atoms with Gasteiger partial charge in [-0.15, -0.1) is 0 Å². The van der Waals surface area contributed by atoms with Crippen LogP contribution < -0.4 is 14.8 Å². The summed E-state index contributed by atoms with van der Waals surface area (Å²) in [5.41, 5.74) is 2.77. The minimum absolute atomic E-state index is 0.101. The predicted molar refractivity (Wildman–Crippen MR) is 162 cm³/mol. The van der Waals surface area contributed by atoms with Crippen LogP contribution in [0, 0.1) is 0 Å². The van der Waals surface area contributed by atoms with Gasteiger partial charge in [-0.05, 0) is 59.4 Å². The molecule has 0 saturated carbocycles. The third kappa shape index (κ3) is 7.49. The molecular weight excluding hydrogens is 528 g/mol. The first-order valence-corrected chi connectivity index (χ1v) is 14.3. The number of ether oxygens (including phenoxy) is 2. The first-order chi connectivity index (χ1) is 20.5. The fourth-order valence-corrected chi connectivity index (χ4v) is 5.26. The highest BCUT2D eigenvalue weighted by atomic mass is 16.5. The van der Waals surface area contributed by atoms with Gasteiger partial charge in [-0.3, -0.25) is 0 Å². The number of nitrogens with one attached hydrogen (secondary N) is 1. The van der Waals surface area contributed by atoms with E-state index in [1.54, 1.807) is 12.1 Å². The summed E-state index contributed by atoms with van der Waals surface area (Å²) < 4.78 is 12.1. The number of benzene rings is 4. The highest BCUT2D eigenvalue weighted by molar-refractivity contribution is 5.80. The summed E-state index contributed by atoms with van der Waals surface area (Å²) in [6.07, 6.45) is 1.97. The SMILES string of the molecule is O=C(NCCc1ccccc1)N(CCCOc1ccc2c(c1)C[C@@](Oc1ccccc1)(C(=O)O)C2)Cc1ccccc1. The average Bonchev–Trinajstić information content (AvgIpc) is 3.39. The van der Waals surface area contributed by atoms with Gasteiger partial charge < -0.3 is 24.8 Å². The number of carbonyl (C=O) groups excluding carboxylic acids is 1. The Labute approximate surface area is 246 Å². The van der Waals surface area contributed by atoms with Crippen molar-refractivity contribution < 1.29 is 24.2 Å². The molecule has 1 aliphatic rings. The van der Waals surface area contributed by atoms with Crippen molar-refractivity contribution in [1.82, 2.24) is 10.2 Å². The van der Waals surface area contributed by atoms with E-state index >= 15 is 0 Å². The van der Waals surface area contributed by atoms with Gasteiger partial charge in [0.15, 0.2) is 0 Å². The zero-order valence-corrected chi connectivity index (χ0v) is 23.6. The number of hydrogen-bond acceptors (Lipinski definition) is 4. The monoisotopic (exact) mass is 564 g/mol. The van der Waals surface area contributed by atoms with Gasteiger partial charge in [-0.1, -0.05) is 84.9 Å². The number of carboxylic acids is 1. The Hall–Kier alpha value is -4.78. The number of carbonyl (C=O) groups is 2. The van der Waals surface area contributed by atoms with Gasteiger partial charge in [0.2, 0.25) is 5.60 Å². The van der Waals surface area contributed by atoms with Crippen LogP contribution in [-0.2, 0) is 30.6 Å². The van der Waals surface area contributed by atoms with Gasteiger partial charge in [0.1, 0.15) is 11.5 Å². The van der Waals surface area contributed by atoms with Crippen molar-refractivity contribution in [3.8, 4) is 11.5 Å². The van der Waals surface area contributed by atoms with Crippen molar-refractivity contribution in [3.63, 3.8) is 0 Å². The molecule has 7 heteroatoms. The summed E-state index contributed by atoms with van der Waals surface area (Å²) in [6, 6.07) is 34.7. The topological polar surface area (TPSA) is 88.1 Å². The van der Waals surface area contributed by atoms with Gasteiger partial charge in [0.05, 0.1) is 6.61 Å². The molecule has 0 saturated heterocycles. The maximum Gasteiger partial charge on any atom is 0.348 e. The summed E-state index contributed by atoms with van der Waals surface area (Å²) in [5.74, 6) is 0.232. The number of carboxylic acid groups (broad SMARTS) is 1. The van der Waals surface area contributed by atoms with Crippen molar-refractivity contribution in [2.75, 3.05) is 19.7 Å². The number of para-hydroxylation sites is 1. The van der Waals surface area contributed by atoms with Crippen LogP contribution in [0.2, 0.25) is 0 Å². The molecule has 0 fully saturated rings. The summed E-state index contributed by atoms with van der Waals surface area (Å²) >= 11 is 0. The largest absolute Gasteiger partial charge is 0.494 e. The Balaban J connectivity index is 1.15. The fraction of sp³-hybridized carbons (Fsp3) is 0.257. The van der Waals surface area contributed by atoms with Crippen LogP contribution in [0.3, 0.4) is 0 Å². The second-order valence-electron chi connectivity index (χ2n) is 10.6. The molecular formula is C35H36N2O5. The van der Waals surface area contributed by atoms with E-state index < -0.39 is 11.6 Å². The van der Waals surface area contributed by atoms with Gasteiger partial charge >= 0.3 is 12.0 Å². The lowest BCUT2D eigenvalue weighted by molar-refractivity contribution is -0.154. The molecule has 2 amide bonds. The van der Waals surface area contributed by atoms with Gasteiger partial charge in [0, 0.05) is 32.5 Å². The molecule has 2 N–H and O–H groups in total. The molecule has 1 aliphatic carbocycles. The Bertz CT molecular complexity index is 1460. The first kappa shape index (κ1) is 28.7. The molecule has 4 aromatic rings. The minimum Gasteiger partial charge on any atom is -0.494 e. The number of nitrogens with zero attached hydrogens (tertiary/aromatic N) is 1. The van der Waals surface area contributed by atoms with E-state index in [0.717, 1.165) is 23.1 Å². The van der Waals surface area contributed by atoms with Crippen molar-refractivity contribution in [3.05, 3.63) is 131 Å². The lowest BCUT2D eigenvalue weighted by atomic mass is 10.0. The van der Waals surface area contributed by atoms with E-state index in [9.17, 15) is 14.7 Å². The molecule has 1 atom stereocenters. The van der Waals surface area contributed by atoms with E-state index in [1.807, 2.05) is 89.8 Å². The van der Waals surface area contributed by atoms with Crippen LogP contribution in [0.5, 0.6) is 11.5 Å². The molecule has 5 rings (SSSR count). The van der Waals surface area contributed by atoms with E-state index in [4.69, 9.17) is 9.47 Å². The zero-order valence-electron chi connectivity index (χ0n) is 23.6. The molecule has 4 aromatic carbocycles. The quantitative estimate of drug-likeness (QED) is 0.197. The van der Waals surface area contributed by atoms with Gasteiger partial charge in [-0.25, -0.2) is 9.59 Å². The maximum absolute atomic E-state index is 13.1. The number of aliphatic carboxylic acids is 1. The second-order valence-corrected chi connectivity index (χ2v) is 10.6. The molecule has 0 aliphatic heterocycles.